The third-order valence-corrected chi connectivity index (χ3v) is 3.90. The van der Waals surface area contributed by atoms with E-state index in [0.29, 0.717) is 17.3 Å². The predicted molar refractivity (Wildman–Crippen MR) is 75.2 cm³/mol. The summed E-state index contributed by atoms with van der Waals surface area (Å²) in [4.78, 5) is 0. The maximum Gasteiger partial charge on any atom is 0.0992 e. The third kappa shape index (κ3) is 2.95. The molecule has 1 saturated carbocycles. The van der Waals surface area contributed by atoms with Crippen molar-refractivity contribution in [2.75, 3.05) is 11.1 Å². The second-order valence-electron chi connectivity index (χ2n) is 5.20. The summed E-state index contributed by atoms with van der Waals surface area (Å²) in [6.45, 7) is 2.27. The van der Waals surface area contributed by atoms with E-state index in [1.54, 1.807) is 6.07 Å². The van der Waals surface area contributed by atoms with Gasteiger partial charge >= 0.3 is 0 Å². The molecule has 2 unspecified atom stereocenters. The van der Waals surface area contributed by atoms with Gasteiger partial charge in [-0.2, -0.15) is 5.26 Å². The first-order valence-electron chi connectivity index (χ1n) is 6.79. The first-order chi connectivity index (χ1) is 8.72. The average Bonchev–Trinajstić information content (AvgIpc) is 2.41. The standard InChI is InChI=1S/C15H21N3/c1-2-11-4-3-5-13(8-11)18-15-7-6-12(10-16)9-14(15)17/h6-7,9,11,13,18H,2-5,8,17H2,1H3. The van der Waals surface area contributed by atoms with Crippen molar-refractivity contribution in [3.63, 3.8) is 0 Å². The van der Waals surface area contributed by atoms with Crippen molar-refractivity contribution in [3.8, 4) is 6.07 Å². The Bertz CT molecular complexity index is 448. The molecule has 3 heteroatoms. The lowest BCUT2D eigenvalue weighted by molar-refractivity contribution is 0.327. The molecule has 2 rings (SSSR count). The molecule has 18 heavy (non-hydrogen) atoms. The van der Waals surface area contributed by atoms with Gasteiger partial charge in [0, 0.05) is 6.04 Å². The molecule has 1 aliphatic carbocycles. The number of benzene rings is 1. The van der Waals surface area contributed by atoms with E-state index >= 15 is 0 Å². The summed E-state index contributed by atoms with van der Waals surface area (Å²) in [7, 11) is 0. The summed E-state index contributed by atoms with van der Waals surface area (Å²) in [6, 6.07) is 8.11. The molecule has 1 aromatic carbocycles. The van der Waals surface area contributed by atoms with Crippen LogP contribution < -0.4 is 11.1 Å². The Labute approximate surface area is 109 Å². The largest absolute Gasteiger partial charge is 0.397 e. The van der Waals surface area contributed by atoms with E-state index in [0.717, 1.165) is 11.6 Å². The van der Waals surface area contributed by atoms with Gasteiger partial charge in [-0.15, -0.1) is 0 Å². The Kier molecular flexibility index (Phi) is 4.09. The van der Waals surface area contributed by atoms with Gasteiger partial charge in [-0.3, -0.25) is 0 Å². The van der Waals surface area contributed by atoms with Crippen molar-refractivity contribution in [1.82, 2.24) is 0 Å². The molecular weight excluding hydrogens is 222 g/mol. The van der Waals surface area contributed by atoms with Crippen LogP contribution in [0.3, 0.4) is 0 Å². The van der Waals surface area contributed by atoms with Gasteiger partial charge in [0.2, 0.25) is 0 Å². The lowest BCUT2D eigenvalue weighted by Gasteiger charge is -2.30. The quantitative estimate of drug-likeness (QED) is 0.798. The molecule has 0 spiro atoms. The number of nitrogen functional groups attached to an aromatic ring is 1. The van der Waals surface area contributed by atoms with Gasteiger partial charge < -0.3 is 11.1 Å². The zero-order valence-corrected chi connectivity index (χ0v) is 10.9. The minimum atomic E-state index is 0.527. The Balaban J connectivity index is 2.03. The molecule has 96 valence electrons. The van der Waals surface area contributed by atoms with E-state index in [1.165, 1.54) is 32.1 Å². The van der Waals surface area contributed by atoms with Gasteiger partial charge in [0.15, 0.2) is 0 Å². The van der Waals surface area contributed by atoms with Crippen LogP contribution in [0.5, 0.6) is 0 Å². The van der Waals surface area contributed by atoms with Crippen molar-refractivity contribution in [1.29, 1.82) is 5.26 Å². The normalized spacial score (nSPS) is 23.3. The topological polar surface area (TPSA) is 61.8 Å². The summed E-state index contributed by atoms with van der Waals surface area (Å²) in [6.07, 6.45) is 6.37. The maximum atomic E-state index is 8.82. The summed E-state index contributed by atoms with van der Waals surface area (Å²) in [5.41, 5.74) is 8.23. The molecular formula is C15H21N3. The Morgan fingerprint density at radius 1 is 1.44 bits per heavy atom. The second kappa shape index (κ2) is 5.77. The zero-order valence-electron chi connectivity index (χ0n) is 10.9. The minimum absolute atomic E-state index is 0.527. The first kappa shape index (κ1) is 12.8. The number of hydrogen-bond acceptors (Lipinski definition) is 3. The zero-order chi connectivity index (χ0) is 13.0. The molecule has 0 bridgehead atoms. The van der Waals surface area contributed by atoms with Crippen LogP contribution in [0.4, 0.5) is 11.4 Å². The molecule has 3 nitrogen and oxygen atoms in total. The van der Waals surface area contributed by atoms with Gasteiger partial charge in [0.05, 0.1) is 23.0 Å². The highest BCUT2D eigenvalue weighted by Gasteiger charge is 2.20. The number of anilines is 2. The van der Waals surface area contributed by atoms with E-state index < -0.39 is 0 Å². The molecule has 0 saturated heterocycles. The van der Waals surface area contributed by atoms with Gasteiger partial charge in [0.1, 0.15) is 0 Å². The van der Waals surface area contributed by atoms with E-state index in [1.807, 2.05) is 12.1 Å². The number of nitrogens with zero attached hydrogens (tertiary/aromatic N) is 1. The fourth-order valence-corrected chi connectivity index (χ4v) is 2.78. The summed E-state index contributed by atoms with van der Waals surface area (Å²) >= 11 is 0. The van der Waals surface area contributed by atoms with Crippen LogP contribution in [0.1, 0.15) is 44.6 Å². The van der Waals surface area contributed by atoms with Crippen molar-refractivity contribution >= 4 is 11.4 Å². The highest BCUT2D eigenvalue weighted by atomic mass is 14.9. The van der Waals surface area contributed by atoms with E-state index in [9.17, 15) is 0 Å². The van der Waals surface area contributed by atoms with Crippen molar-refractivity contribution < 1.29 is 0 Å². The Morgan fingerprint density at radius 2 is 2.28 bits per heavy atom. The van der Waals surface area contributed by atoms with Crippen LogP contribution >= 0.6 is 0 Å². The molecule has 0 aliphatic heterocycles. The molecule has 0 radical (unpaired) electrons. The predicted octanol–water partition coefficient (Wildman–Crippen LogP) is 3.52. The highest BCUT2D eigenvalue weighted by Crippen LogP contribution is 2.30. The maximum absolute atomic E-state index is 8.82. The van der Waals surface area contributed by atoms with Crippen molar-refractivity contribution in [2.24, 2.45) is 5.92 Å². The Hall–Kier alpha value is -1.69. The molecule has 1 aliphatic rings. The Morgan fingerprint density at radius 3 is 2.94 bits per heavy atom. The number of nitrogens with one attached hydrogen (secondary N) is 1. The lowest BCUT2D eigenvalue weighted by Crippen LogP contribution is -2.27. The monoisotopic (exact) mass is 243 g/mol. The summed E-state index contributed by atoms with van der Waals surface area (Å²) < 4.78 is 0. The van der Waals surface area contributed by atoms with Gasteiger partial charge in [-0.25, -0.2) is 0 Å². The summed E-state index contributed by atoms with van der Waals surface area (Å²) in [5.74, 6) is 0.843. The smallest absolute Gasteiger partial charge is 0.0992 e. The molecule has 1 aromatic rings. The highest BCUT2D eigenvalue weighted by molar-refractivity contribution is 5.68. The van der Waals surface area contributed by atoms with Crippen LogP contribution in [0, 0.1) is 17.2 Å². The summed E-state index contributed by atoms with van der Waals surface area (Å²) in [5, 5.41) is 12.3. The van der Waals surface area contributed by atoms with Gasteiger partial charge in [-0.05, 0) is 37.0 Å². The van der Waals surface area contributed by atoms with Crippen LogP contribution in [0.25, 0.3) is 0 Å². The van der Waals surface area contributed by atoms with Crippen molar-refractivity contribution in [3.05, 3.63) is 23.8 Å². The van der Waals surface area contributed by atoms with Gasteiger partial charge in [0.25, 0.3) is 0 Å². The fraction of sp³-hybridized carbons (Fsp3) is 0.533. The van der Waals surface area contributed by atoms with E-state index in [-0.39, 0.29) is 0 Å². The molecule has 1 fully saturated rings. The van der Waals surface area contributed by atoms with Crippen LogP contribution in [0.2, 0.25) is 0 Å². The molecule has 0 heterocycles. The molecule has 0 aromatic heterocycles. The number of hydrogen-bond donors (Lipinski definition) is 2. The van der Waals surface area contributed by atoms with E-state index in [4.69, 9.17) is 11.0 Å². The SMILES string of the molecule is CCC1CCCC(Nc2ccc(C#N)cc2N)C1. The first-order valence-corrected chi connectivity index (χ1v) is 6.79. The lowest BCUT2D eigenvalue weighted by atomic mass is 9.84. The van der Waals surface area contributed by atoms with Gasteiger partial charge in [-0.1, -0.05) is 26.2 Å². The van der Waals surface area contributed by atoms with Crippen LogP contribution in [-0.4, -0.2) is 6.04 Å². The molecule has 2 atom stereocenters. The van der Waals surface area contributed by atoms with E-state index in [2.05, 4.69) is 18.3 Å². The van der Waals surface area contributed by atoms with Crippen molar-refractivity contribution in [2.45, 2.75) is 45.1 Å². The number of rotatable bonds is 3. The average molecular weight is 243 g/mol. The minimum Gasteiger partial charge on any atom is -0.397 e. The second-order valence-corrected chi connectivity index (χ2v) is 5.20. The van der Waals surface area contributed by atoms with Crippen LogP contribution in [0.15, 0.2) is 18.2 Å². The molecule has 0 amide bonds. The number of nitriles is 1. The fourth-order valence-electron chi connectivity index (χ4n) is 2.78. The molecule has 3 N–H and O–H groups in total. The third-order valence-electron chi connectivity index (χ3n) is 3.90. The number of nitrogens with two attached hydrogens (primary N) is 1. The van der Waals surface area contributed by atoms with Crippen LogP contribution in [-0.2, 0) is 0 Å².